The summed E-state index contributed by atoms with van der Waals surface area (Å²) in [7, 11) is 0. The first-order valence-corrected chi connectivity index (χ1v) is 10.8. The topological polar surface area (TPSA) is 3.24 Å². The smallest absolute Gasteiger partial charge is 0.00313 e. The van der Waals surface area contributed by atoms with Crippen molar-refractivity contribution in [1.29, 1.82) is 0 Å². The first kappa shape index (κ1) is 17.8. The third-order valence-corrected chi connectivity index (χ3v) is 6.50. The Hall–Kier alpha value is 0.440. The highest BCUT2D eigenvalue weighted by Crippen LogP contribution is 2.44. The largest absolute Gasteiger partial charge is 0.303 e. The van der Waals surface area contributed by atoms with Crippen LogP contribution in [-0.4, -0.2) is 29.9 Å². The van der Waals surface area contributed by atoms with Gasteiger partial charge >= 0.3 is 0 Å². The van der Waals surface area contributed by atoms with Gasteiger partial charge in [-0.3, -0.25) is 0 Å². The van der Waals surface area contributed by atoms with Crippen LogP contribution in [0.1, 0.15) is 89.9 Å². The summed E-state index contributed by atoms with van der Waals surface area (Å²) in [6, 6.07) is 0. The van der Waals surface area contributed by atoms with Crippen molar-refractivity contribution in [2.75, 3.05) is 25.0 Å². The summed E-state index contributed by atoms with van der Waals surface area (Å²) in [5.41, 5.74) is 0.782. The van der Waals surface area contributed by atoms with E-state index in [2.05, 4.69) is 20.8 Å². The molecule has 0 aromatic carbocycles. The van der Waals surface area contributed by atoms with Gasteiger partial charge in [0, 0.05) is 5.33 Å². The molecule has 1 heterocycles. The molecule has 0 atom stereocenters. The Balaban J connectivity index is 1.45. The molecule has 0 amide bonds. The number of unbranched alkanes of at least 4 members (excludes halogenated alkanes) is 6. The molecule has 2 heteroatoms. The van der Waals surface area contributed by atoms with Crippen LogP contribution >= 0.6 is 15.9 Å². The normalized spacial score (nSPS) is 22.7. The minimum absolute atomic E-state index is 0.782. The number of rotatable bonds is 9. The van der Waals surface area contributed by atoms with Gasteiger partial charge in [0.1, 0.15) is 0 Å². The Labute approximate surface area is 141 Å². The minimum atomic E-state index is 0.782. The van der Waals surface area contributed by atoms with Crippen LogP contribution in [0.4, 0.5) is 0 Å². The van der Waals surface area contributed by atoms with Gasteiger partial charge in [-0.2, -0.15) is 0 Å². The van der Waals surface area contributed by atoms with Crippen LogP contribution in [0.5, 0.6) is 0 Å². The molecule has 0 radical (unpaired) electrons. The first-order valence-electron chi connectivity index (χ1n) is 9.63. The van der Waals surface area contributed by atoms with E-state index in [-0.39, 0.29) is 0 Å². The maximum Gasteiger partial charge on any atom is 0.00313 e. The number of nitrogens with zero attached hydrogens (tertiary/aromatic N) is 1. The maximum atomic E-state index is 3.51. The molecule has 0 aromatic heterocycles. The van der Waals surface area contributed by atoms with Crippen LogP contribution in [0.25, 0.3) is 0 Å². The monoisotopic (exact) mass is 357 g/mol. The molecule has 0 bridgehead atoms. The summed E-state index contributed by atoms with van der Waals surface area (Å²) >= 11 is 3.51. The van der Waals surface area contributed by atoms with Crippen molar-refractivity contribution >= 4 is 15.9 Å². The number of hydrogen-bond donors (Lipinski definition) is 0. The predicted molar refractivity (Wildman–Crippen MR) is 97.3 cm³/mol. The molecule has 1 saturated carbocycles. The molecule has 0 N–H and O–H groups in total. The number of piperidine rings is 1. The van der Waals surface area contributed by atoms with Gasteiger partial charge < -0.3 is 4.90 Å². The highest BCUT2D eigenvalue weighted by molar-refractivity contribution is 9.09. The van der Waals surface area contributed by atoms with Gasteiger partial charge in [-0.25, -0.2) is 0 Å². The number of likely N-dealkylation sites (tertiary alicyclic amines) is 1. The fourth-order valence-electron chi connectivity index (χ4n) is 4.37. The third kappa shape index (κ3) is 6.60. The summed E-state index contributed by atoms with van der Waals surface area (Å²) in [4.78, 5) is 2.75. The van der Waals surface area contributed by atoms with E-state index in [1.807, 2.05) is 0 Å². The molecule has 1 spiro atoms. The molecule has 1 aliphatic heterocycles. The van der Waals surface area contributed by atoms with Crippen molar-refractivity contribution in [1.82, 2.24) is 4.90 Å². The highest BCUT2D eigenvalue weighted by Gasteiger charge is 2.35. The average molecular weight is 358 g/mol. The van der Waals surface area contributed by atoms with Crippen molar-refractivity contribution in [2.45, 2.75) is 89.9 Å². The first-order chi connectivity index (χ1) is 10.3. The zero-order valence-electron chi connectivity index (χ0n) is 14.1. The highest BCUT2D eigenvalue weighted by atomic mass is 79.9. The van der Waals surface area contributed by atoms with Gasteiger partial charge in [0.2, 0.25) is 0 Å². The Kier molecular flexibility index (Phi) is 8.69. The van der Waals surface area contributed by atoms with Crippen molar-refractivity contribution in [3.05, 3.63) is 0 Å². The Morgan fingerprint density at radius 1 is 0.667 bits per heavy atom. The van der Waals surface area contributed by atoms with E-state index >= 15 is 0 Å². The van der Waals surface area contributed by atoms with E-state index in [1.165, 1.54) is 115 Å². The number of hydrogen-bond acceptors (Lipinski definition) is 1. The van der Waals surface area contributed by atoms with Gasteiger partial charge in [-0.1, -0.05) is 67.3 Å². The summed E-state index contributed by atoms with van der Waals surface area (Å²) in [6.07, 6.45) is 20.6. The predicted octanol–water partition coefficient (Wildman–Crippen LogP) is 6.16. The van der Waals surface area contributed by atoms with Crippen molar-refractivity contribution in [2.24, 2.45) is 5.41 Å². The fourth-order valence-corrected chi connectivity index (χ4v) is 4.76. The molecule has 124 valence electrons. The van der Waals surface area contributed by atoms with Gasteiger partial charge in [0.05, 0.1) is 0 Å². The van der Waals surface area contributed by atoms with Crippen LogP contribution in [0.15, 0.2) is 0 Å². The summed E-state index contributed by atoms with van der Waals surface area (Å²) in [6.45, 7) is 4.16. The van der Waals surface area contributed by atoms with Crippen LogP contribution in [0.2, 0.25) is 0 Å². The molecule has 0 unspecified atom stereocenters. The number of halogens is 1. The van der Waals surface area contributed by atoms with Crippen LogP contribution in [0.3, 0.4) is 0 Å². The van der Waals surface area contributed by atoms with E-state index in [1.54, 1.807) is 0 Å². The minimum Gasteiger partial charge on any atom is -0.303 e. The van der Waals surface area contributed by atoms with Gasteiger partial charge in [-0.15, -0.1) is 0 Å². The molecule has 2 fully saturated rings. The molecule has 21 heavy (non-hydrogen) atoms. The quantitative estimate of drug-likeness (QED) is 0.352. The van der Waals surface area contributed by atoms with E-state index in [0.29, 0.717) is 0 Å². The standard InChI is InChI=1S/C19H36BrN/c20-15-9-4-2-1-3-5-10-16-21-17-13-19(14-18-21)11-7-6-8-12-19/h1-18H2. The lowest BCUT2D eigenvalue weighted by Crippen LogP contribution is -2.41. The molecular formula is C19H36BrN. The number of alkyl halides is 1. The summed E-state index contributed by atoms with van der Waals surface area (Å²) in [5, 5.41) is 1.18. The second-order valence-corrected chi connectivity index (χ2v) is 8.36. The SMILES string of the molecule is BrCCCCCCCCCN1CCC2(CCCCC2)CC1. The van der Waals surface area contributed by atoms with Gasteiger partial charge in [-0.05, 0) is 63.6 Å². The van der Waals surface area contributed by atoms with E-state index in [4.69, 9.17) is 0 Å². The summed E-state index contributed by atoms with van der Waals surface area (Å²) < 4.78 is 0. The van der Waals surface area contributed by atoms with E-state index in [0.717, 1.165) is 5.41 Å². The second kappa shape index (κ2) is 10.3. The third-order valence-electron chi connectivity index (χ3n) is 5.94. The lowest BCUT2D eigenvalue weighted by molar-refractivity contribution is 0.0669. The summed E-state index contributed by atoms with van der Waals surface area (Å²) in [5.74, 6) is 0. The lowest BCUT2D eigenvalue weighted by Gasteiger charge is -2.44. The van der Waals surface area contributed by atoms with Crippen molar-refractivity contribution in [3.63, 3.8) is 0 Å². The van der Waals surface area contributed by atoms with Crippen LogP contribution < -0.4 is 0 Å². The maximum absolute atomic E-state index is 3.51. The van der Waals surface area contributed by atoms with E-state index < -0.39 is 0 Å². The Morgan fingerprint density at radius 2 is 1.24 bits per heavy atom. The molecule has 1 aliphatic carbocycles. The lowest BCUT2D eigenvalue weighted by atomic mass is 9.68. The van der Waals surface area contributed by atoms with Gasteiger partial charge in [0.15, 0.2) is 0 Å². The van der Waals surface area contributed by atoms with Crippen molar-refractivity contribution in [3.8, 4) is 0 Å². The second-order valence-electron chi connectivity index (χ2n) is 7.57. The Bertz CT molecular complexity index is 250. The molecule has 2 rings (SSSR count). The molecule has 1 nitrogen and oxygen atoms in total. The van der Waals surface area contributed by atoms with Gasteiger partial charge in [0.25, 0.3) is 0 Å². The zero-order valence-corrected chi connectivity index (χ0v) is 15.6. The molecule has 2 aliphatic rings. The molecule has 0 aromatic rings. The molecule has 1 saturated heterocycles. The van der Waals surface area contributed by atoms with E-state index in [9.17, 15) is 0 Å². The van der Waals surface area contributed by atoms with Crippen LogP contribution in [-0.2, 0) is 0 Å². The zero-order chi connectivity index (χ0) is 14.8. The molecular weight excluding hydrogens is 322 g/mol. The van der Waals surface area contributed by atoms with Crippen LogP contribution in [0, 0.1) is 5.41 Å². The van der Waals surface area contributed by atoms with Crippen molar-refractivity contribution < 1.29 is 0 Å². The fraction of sp³-hybridized carbons (Fsp3) is 1.00. The Morgan fingerprint density at radius 3 is 1.86 bits per heavy atom. The average Bonchev–Trinajstić information content (AvgIpc) is 2.53.